The molecule has 2 aromatic rings. The number of hydrogen-bond acceptors (Lipinski definition) is 2. The van der Waals surface area contributed by atoms with Crippen molar-refractivity contribution < 1.29 is 0 Å². The van der Waals surface area contributed by atoms with Gasteiger partial charge in [-0.3, -0.25) is 0 Å². The first-order valence-corrected chi connectivity index (χ1v) is 7.45. The van der Waals surface area contributed by atoms with Crippen LogP contribution < -0.4 is 5.73 Å². The van der Waals surface area contributed by atoms with Crippen molar-refractivity contribution in [2.45, 2.75) is 52.5 Å². The Balaban J connectivity index is 2.19. The molecule has 0 amide bonds. The molecule has 20 heavy (non-hydrogen) atoms. The first-order valence-electron chi connectivity index (χ1n) is 7.45. The third kappa shape index (κ3) is 2.01. The van der Waals surface area contributed by atoms with Crippen molar-refractivity contribution in [1.29, 1.82) is 0 Å². The highest BCUT2D eigenvalue weighted by atomic mass is 15.2. The summed E-state index contributed by atoms with van der Waals surface area (Å²) in [5.41, 5.74) is 11.1. The van der Waals surface area contributed by atoms with Crippen molar-refractivity contribution in [2.24, 2.45) is 0 Å². The second-order valence-corrected chi connectivity index (χ2v) is 6.19. The number of hydrogen-bond donors (Lipinski definition) is 1. The lowest BCUT2D eigenvalue weighted by molar-refractivity contribution is 0.576. The molecule has 2 N–H and O–H groups in total. The number of imidazole rings is 1. The molecule has 3 heteroatoms. The van der Waals surface area contributed by atoms with Crippen LogP contribution in [0.2, 0.25) is 0 Å². The number of aryl methyl sites for hydroxylation is 1. The van der Waals surface area contributed by atoms with E-state index < -0.39 is 0 Å². The third-order valence-corrected chi connectivity index (χ3v) is 4.29. The monoisotopic (exact) mass is 269 g/mol. The van der Waals surface area contributed by atoms with Crippen molar-refractivity contribution in [1.82, 2.24) is 9.55 Å². The van der Waals surface area contributed by atoms with Gasteiger partial charge in [-0.2, -0.15) is 0 Å². The van der Waals surface area contributed by atoms with Gasteiger partial charge in [0, 0.05) is 17.5 Å². The standard InChI is InChI=1S/C17H23N3/c1-10(2)20-16(18)15(19-17(20)13-8-9-13)14-7-5-6-11(3)12(14)4/h5-7,10,13H,8-9,18H2,1-4H3. The van der Waals surface area contributed by atoms with Crippen molar-refractivity contribution in [3.8, 4) is 11.3 Å². The summed E-state index contributed by atoms with van der Waals surface area (Å²) in [5.74, 6) is 2.60. The van der Waals surface area contributed by atoms with Crippen LogP contribution in [0.25, 0.3) is 11.3 Å². The van der Waals surface area contributed by atoms with Crippen molar-refractivity contribution in [2.75, 3.05) is 5.73 Å². The topological polar surface area (TPSA) is 43.8 Å². The zero-order chi connectivity index (χ0) is 14.4. The summed E-state index contributed by atoms with van der Waals surface area (Å²) >= 11 is 0. The Kier molecular flexibility index (Phi) is 3.08. The molecular formula is C17H23N3. The normalized spacial score (nSPS) is 15.1. The summed E-state index contributed by atoms with van der Waals surface area (Å²) < 4.78 is 2.22. The molecule has 0 aliphatic heterocycles. The molecule has 106 valence electrons. The molecular weight excluding hydrogens is 246 g/mol. The van der Waals surface area contributed by atoms with Gasteiger partial charge in [-0.05, 0) is 51.7 Å². The molecule has 1 aliphatic rings. The molecule has 1 saturated carbocycles. The van der Waals surface area contributed by atoms with Crippen molar-refractivity contribution in [3.05, 3.63) is 35.2 Å². The highest BCUT2D eigenvalue weighted by molar-refractivity contribution is 5.74. The van der Waals surface area contributed by atoms with Crippen LogP contribution in [0.4, 0.5) is 5.82 Å². The molecule has 1 aromatic carbocycles. The lowest BCUT2D eigenvalue weighted by Crippen LogP contribution is -2.09. The van der Waals surface area contributed by atoms with Gasteiger partial charge in [0.25, 0.3) is 0 Å². The summed E-state index contributed by atoms with van der Waals surface area (Å²) in [6, 6.07) is 6.71. The van der Waals surface area contributed by atoms with Gasteiger partial charge in [-0.25, -0.2) is 4.98 Å². The van der Waals surface area contributed by atoms with Crippen molar-refractivity contribution in [3.63, 3.8) is 0 Å². The molecule has 1 aromatic heterocycles. The van der Waals surface area contributed by atoms with E-state index in [4.69, 9.17) is 10.7 Å². The number of benzene rings is 1. The second kappa shape index (κ2) is 4.65. The van der Waals surface area contributed by atoms with Crippen LogP contribution in [-0.4, -0.2) is 9.55 Å². The van der Waals surface area contributed by atoms with E-state index in [1.54, 1.807) is 0 Å². The molecule has 0 atom stereocenters. The average molecular weight is 269 g/mol. The molecule has 0 saturated heterocycles. The number of aromatic nitrogens is 2. The van der Waals surface area contributed by atoms with E-state index in [2.05, 4.69) is 50.5 Å². The minimum Gasteiger partial charge on any atom is -0.383 e. The Morgan fingerprint density at radius 1 is 1.25 bits per heavy atom. The van der Waals surface area contributed by atoms with Crippen LogP contribution in [0, 0.1) is 13.8 Å². The van der Waals surface area contributed by atoms with Crippen LogP contribution in [0.3, 0.4) is 0 Å². The SMILES string of the molecule is Cc1cccc(-c2nc(C3CC3)n(C(C)C)c2N)c1C. The Labute approximate surface area is 120 Å². The van der Waals surface area contributed by atoms with Crippen LogP contribution >= 0.6 is 0 Å². The van der Waals surface area contributed by atoms with Gasteiger partial charge < -0.3 is 10.3 Å². The van der Waals surface area contributed by atoms with Gasteiger partial charge in [-0.15, -0.1) is 0 Å². The third-order valence-electron chi connectivity index (χ3n) is 4.29. The van der Waals surface area contributed by atoms with E-state index in [9.17, 15) is 0 Å². The fourth-order valence-corrected chi connectivity index (χ4v) is 2.84. The van der Waals surface area contributed by atoms with Crippen LogP contribution in [0.15, 0.2) is 18.2 Å². The van der Waals surface area contributed by atoms with E-state index in [-0.39, 0.29) is 0 Å². The quantitative estimate of drug-likeness (QED) is 0.907. The first kappa shape index (κ1) is 13.2. The number of nitrogen functional groups attached to an aromatic ring is 1. The van der Waals surface area contributed by atoms with E-state index in [0.717, 1.165) is 11.5 Å². The molecule has 0 unspecified atom stereocenters. The number of nitrogens with two attached hydrogens (primary N) is 1. The number of rotatable bonds is 3. The molecule has 1 fully saturated rings. The van der Waals surface area contributed by atoms with E-state index >= 15 is 0 Å². The highest BCUT2D eigenvalue weighted by Gasteiger charge is 2.32. The molecule has 0 spiro atoms. The fourth-order valence-electron chi connectivity index (χ4n) is 2.84. The Bertz CT molecular complexity index is 648. The summed E-state index contributed by atoms with van der Waals surface area (Å²) in [6.45, 7) is 8.64. The van der Waals surface area contributed by atoms with E-state index in [1.807, 2.05) is 0 Å². The molecule has 1 heterocycles. The summed E-state index contributed by atoms with van der Waals surface area (Å²) in [6.07, 6.45) is 2.49. The van der Waals surface area contributed by atoms with Crippen LogP contribution in [-0.2, 0) is 0 Å². The van der Waals surface area contributed by atoms with Gasteiger partial charge in [0.1, 0.15) is 17.3 Å². The van der Waals surface area contributed by atoms with Gasteiger partial charge >= 0.3 is 0 Å². The largest absolute Gasteiger partial charge is 0.383 e. The van der Waals surface area contributed by atoms with Crippen LogP contribution in [0.1, 0.15) is 55.6 Å². The van der Waals surface area contributed by atoms with Gasteiger partial charge in [0.2, 0.25) is 0 Å². The predicted molar refractivity (Wildman–Crippen MR) is 83.9 cm³/mol. The zero-order valence-electron chi connectivity index (χ0n) is 12.8. The summed E-state index contributed by atoms with van der Waals surface area (Å²) in [5, 5.41) is 0. The maximum atomic E-state index is 6.42. The predicted octanol–water partition coefficient (Wildman–Crippen LogP) is 4.21. The smallest absolute Gasteiger partial charge is 0.131 e. The Morgan fingerprint density at radius 3 is 2.55 bits per heavy atom. The van der Waals surface area contributed by atoms with Gasteiger partial charge in [0.15, 0.2) is 0 Å². The minimum absolute atomic E-state index is 0.358. The summed E-state index contributed by atoms with van der Waals surface area (Å²) in [7, 11) is 0. The van der Waals surface area contributed by atoms with Gasteiger partial charge in [0.05, 0.1) is 0 Å². The first-order chi connectivity index (χ1) is 9.50. The second-order valence-electron chi connectivity index (χ2n) is 6.19. The maximum absolute atomic E-state index is 6.42. The van der Waals surface area contributed by atoms with Gasteiger partial charge in [-0.1, -0.05) is 18.2 Å². The van der Waals surface area contributed by atoms with E-state index in [1.165, 1.54) is 35.4 Å². The Morgan fingerprint density at radius 2 is 1.95 bits per heavy atom. The molecule has 0 bridgehead atoms. The summed E-state index contributed by atoms with van der Waals surface area (Å²) in [4.78, 5) is 4.90. The Hall–Kier alpha value is -1.77. The lowest BCUT2D eigenvalue weighted by Gasteiger charge is -2.13. The molecule has 3 rings (SSSR count). The number of anilines is 1. The minimum atomic E-state index is 0.358. The molecule has 1 aliphatic carbocycles. The highest BCUT2D eigenvalue weighted by Crippen LogP contribution is 2.43. The van der Waals surface area contributed by atoms with Crippen molar-refractivity contribution >= 4 is 5.82 Å². The van der Waals surface area contributed by atoms with Crippen LogP contribution in [0.5, 0.6) is 0 Å². The van der Waals surface area contributed by atoms with E-state index in [0.29, 0.717) is 12.0 Å². The average Bonchev–Trinajstić information content (AvgIpc) is 3.17. The number of nitrogens with zero attached hydrogens (tertiary/aromatic N) is 2. The fraction of sp³-hybridized carbons (Fsp3) is 0.471. The maximum Gasteiger partial charge on any atom is 0.131 e. The molecule has 0 radical (unpaired) electrons. The molecule has 3 nitrogen and oxygen atoms in total. The zero-order valence-corrected chi connectivity index (χ0v) is 12.8. The lowest BCUT2D eigenvalue weighted by atomic mass is 10.0.